The van der Waals surface area contributed by atoms with Gasteiger partial charge in [-0.1, -0.05) is 25.1 Å². The molecule has 0 saturated heterocycles. The molecule has 0 amide bonds. The van der Waals surface area contributed by atoms with Gasteiger partial charge < -0.3 is 5.32 Å². The molecular formula is C15H20N2O2S2. The van der Waals surface area contributed by atoms with Crippen molar-refractivity contribution in [3.8, 4) is 0 Å². The van der Waals surface area contributed by atoms with Crippen LogP contribution in [0.5, 0.6) is 0 Å². The maximum absolute atomic E-state index is 12.2. The average Bonchev–Trinajstić information content (AvgIpc) is 2.91. The summed E-state index contributed by atoms with van der Waals surface area (Å²) in [5.74, 6) is 0. The van der Waals surface area contributed by atoms with Crippen molar-refractivity contribution in [2.24, 2.45) is 0 Å². The first-order valence-electron chi connectivity index (χ1n) is 6.90. The minimum absolute atomic E-state index is 0.154. The quantitative estimate of drug-likeness (QED) is 0.823. The zero-order chi connectivity index (χ0) is 15.3. The molecule has 1 aromatic heterocycles. The SMILES string of the molecule is CCNS(=O)(=O)c1ccccc1NC(C)Cc1cccs1. The van der Waals surface area contributed by atoms with E-state index in [4.69, 9.17) is 0 Å². The summed E-state index contributed by atoms with van der Waals surface area (Å²) in [6, 6.07) is 11.3. The third-order valence-corrected chi connectivity index (χ3v) is 5.50. The lowest BCUT2D eigenvalue weighted by atomic mass is 10.2. The second-order valence-electron chi connectivity index (χ2n) is 4.83. The minimum Gasteiger partial charge on any atom is -0.381 e. The molecule has 21 heavy (non-hydrogen) atoms. The van der Waals surface area contributed by atoms with Gasteiger partial charge in [0.2, 0.25) is 10.0 Å². The second-order valence-corrected chi connectivity index (χ2v) is 7.59. The number of benzene rings is 1. The topological polar surface area (TPSA) is 58.2 Å². The van der Waals surface area contributed by atoms with Gasteiger partial charge in [0.05, 0.1) is 5.69 Å². The summed E-state index contributed by atoms with van der Waals surface area (Å²) in [5.41, 5.74) is 0.641. The summed E-state index contributed by atoms with van der Waals surface area (Å²) < 4.78 is 26.9. The van der Waals surface area contributed by atoms with Gasteiger partial charge in [0, 0.05) is 23.9 Å². The first-order chi connectivity index (χ1) is 10.0. The fraction of sp³-hybridized carbons (Fsp3) is 0.333. The number of nitrogens with one attached hydrogen (secondary N) is 2. The zero-order valence-corrected chi connectivity index (χ0v) is 13.8. The summed E-state index contributed by atoms with van der Waals surface area (Å²) in [6.07, 6.45) is 0.868. The van der Waals surface area contributed by atoms with E-state index in [0.29, 0.717) is 17.1 Å². The number of anilines is 1. The van der Waals surface area contributed by atoms with Crippen LogP contribution in [-0.4, -0.2) is 21.0 Å². The molecular weight excluding hydrogens is 304 g/mol. The second kappa shape index (κ2) is 7.06. The molecule has 0 bridgehead atoms. The van der Waals surface area contributed by atoms with Crippen LogP contribution in [0.25, 0.3) is 0 Å². The van der Waals surface area contributed by atoms with Gasteiger partial charge in [-0.25, -0.2) is 13.1 Å². The molecule has 0 aliphatic carbocycles. The van der Waals surface area contributed by atoms with E-state index in [2.05, 4.69) is 23.0 Å². The number of para-hydroxylation sites is 1. The Morgan fingerprint density at radius 3 is 2.62 bits per heavy atom. The fourth-order valence-corrected chi connectivity index (χ4v) is 4.18. The Morgan fingerprint density at radius 2 is 1.95 bits per heavy atom. The molecule has 0 spiro atoms. The van der Waals surface area contributed by atoms with Crippen molar-refractivity contribution in [3.63, 3.8) is 0 Å². The van der Waals surface area contributed by atoms with E-state index in [1.165, 1.54) is 4.88 Å². The van der Waals surface area contributed by atoms with Crippen LogP contribution in [0.15, 0.2) is 46.7 Å². The predicted octanol–water partition coefficient (Wildman–Crippen LogP) is 3.09. The first-order valence-corrected chi connectivity index (χ1v) is 9.27. The Bertz CT molecular complexity index is 667. The van der Waals surface area contributed by atoms with Gasteiger partial charge in [-0.2, -0.15) is 0 Å². The Morgan fingerprint density at radius 1 is 1.19 bits per heavy atom. The fourth-order valence-electron chi connectivity index (χ4n) is 2.13. The van der Waals surface area contributed by atoms with E-state index in [0.717, 1.165) is 6.42 Å². The van der Waals surface area contributed by atoms with E-state index in [9.17, 15) is 8.42 Å². The van der Waals surface area contributed by atoms with Crippen molar-refractivity contribution in [1.29, 1.82) is 0 Å². The van der Waals surface area contributed by atoms with E-state index >= 15 is 0 Å². The molecule has 0 radical (unpaired) electrons. The van der Waals surface area contributed by atoms with E-state index in [1.54, 1.807) is 36.5 Å². The van der Waals surface area contributed by atoms with Gasteiger partial charge in [-0.15, -0.1) is 11.3 Å². The zero-order valence-electron chi connectivity index (χ0n) is 12.2. The van der Waals surface area contributed by atoms with Gasteiger partial charge in [-0.3, -0.25) is 0 Å². The van der Waals surface area contributed by atoms with Crippen molar-refractivity contribution < 1.29 is 8.42 Å². The molecule has 2 N–H and O–H groups in total. The van der Waals surface area contributed by atoms with Crippen LogP contribution in [0.1, 0.15) is 18.7 Å². The van der Waals surface area contributed by atoms with E-state index in [1.807, 2.05) is 17.5 Å². The Hall–Kier alpha value is -1.37. The first kappa shape index (κ1) is 16.0. The number of sulfonamides is 1. The lowest BCUT2D eigenvalue weighted by Crippen LogP contribution is -2.26. The van der Waals surface area contributed by atoms with Crippen LogP contribution in [0.4, 0.5) is 5.69 Å². The lowest BCUT2D eigenvalue weighted by Gasteiger charge is -2.17. The molecule has 0 fully saturated rings. The summed E-state index contributed by atoms with van der Waals surface area (Å²) in [7, 11) is -3.46. The maximum atomic E-state index is 12.2. The van der Waals surface area contributed by atoms with Gasteiger partial charge in [0.15, 0.2) is 0 Å². The summed E-state index contributed by atoms with van der Waals surface area (Å²) >= 11 is 1.71. The monoisotopic (exact) mass is 324 g/mol. The van der Waals surface area contributed by atoms with E-state index in [-0.39, 0.29) is 6.04 Å². The number of rotatable bonds is 7. The Labute approximate surface area is 130 Å². The molecule has 0 aliphatic rings. The molecule has 0 aliphatic heterocycles. The molecule has 1 atom stereocenters. The van der Waals surface area contributed by atoms with Crippen LogP contribution in [0, 0.1) is 0 Å². The number of hydrogen-bond donors (Lipinski definition) is 2. The van der Waals surface area contributed by atoms with Crippen molar-refractivity contribution >= 4 is 27.0 Å². The lowest BCUT2D eigenvalue weighted by molar-refractivity contribution is 0.584. The molecule has 4 nitrogen and oxygen atoms in total. The standard InChI is InChI=1S/C15H20N2O2S2/c1-3-16-21(18,19)15-9-5-4-8-14(15)17-12(2)11-13-7-6-10-20-13/h4-10,12,16-17H,3,11H2,1-2H3. The van der Waals surface area contributed by atoms with Gasteiger partial charge in [-0.05, 0) is 30.5 Å². The summed E-state index contributed by atoms with van der Waals surface area (Å²) in [4.78, 5) is 1.58. The average molecular weight is 324 g/mol. The minimum atomic E-state index is -3.46. The van der Waals surface area contributed by atoms with Crippen LogP contribution in [0.2, 0.25) is 0 Å². The summed E-state index contributed by atoms with van der Waals surface area (Å²) in [6.45, 7) is 4.20. The third kappa shape index (κ3) is 4.30. The van der Waals surface area contributed by atoms with Crippen LogP contribution >= 0.6 is 11.3 Å². The van der Waals surface area contributed by atoms with Crippen molar-refractivity contribution in [3.05, 3.63) is 46.7 Å². The molecule has 114 valence electrons. The Balaban J connectivity index is 2.17. The van der Waals surface area contributed by atoms with Crippen LogP contribution < -0.4 is 10.0 Å². The maximum Gasteiger partial charge on any atom is 0.242 e. The van der Waals surface area contributed by atoms with Crippen molar-refractivity contribution in [1.82, 2.24) is 4.72 Å². The molecule has 6 heteroatoms. The highest BCUT2D eigenvalue weighted by atomic mass is 32.2. The highest BCUT2D eigenvalue weighted by Gasteiger charge is 2.18. The molecule has 2 aromatic rings. The molecule has 2 rings (SSSR count). The predicted molar refractivity (Wildman–Crippen MR) is 88.4 cm³/mol. The van der Waals surface area contributed by atoms with E-state index < -0.39 is 10.0 Å². The van der Waals surface area contributed by atoms with Crippen molar-refractivity contribution in [2.75, 3.05) is 11.9 Å². The Kier molecular flexibility index (Phi) is 5.39. The van der Waals surface area contributed by atoms with Crippen LogP contribution in [0.3, 0.4) is 0 Å². The smallest absolute Gasteiger partial charge is 0.242 e. The molecule has 1 aromatic carbocycles. The van der Waals surface area contributed by atoms with Crippen LogP contribution in [-0.2, 0) is 16.4 Å². The molecule has 1 heterocycles. The molecule has 0 saturated carbocycles. The number of thiophene rings is 1. The largest absolute Gasteiger partial charge is 0.381 e. The summed E-state index contributed by atoms with van der Waals surface area (Å²) in [5, 5.41) is 5.35. The number of hydrogen-bond acceptors (Lipinski definition) is 4. The highest BCUT2D eigenvalue weighted by Crippen LogP contribution is 2.22. The van der Waals surface area contributed by atoms with Gasteiger partial charge in [0.1, 0.15) is 4.90 Å². The van der Waals surface area contributed by atoms with Crippen molar-refractivity contribution in [2.45, 2.75) is 31.2 Å². The highest BCUT2D eigenvalue weighted by molar-refractivity contribution is 7.89. The third-order valence-electron chi connectivity index (χ3n) is 3.00. The van der Waals surface area contributed by atoms with Gasteiger partial charge >= 0.3 is 0 Å². The van der Waals surface area contributed by atoms with Gasteiger partial charge in [0.25, 0.3) is 0 Å². The molecule has 1 unspecified atom stereocenters. The normalized spacial score (nSPS) is 13.0.